The maximum absolute atomic E-state index is 11.8. The molecular weight excluding hydrogens is 240 g/mol. The zero-order valence-corrected chi connectivity index (χ0v) is 10.9. The number of nitrogens with two attached hydrogens (primary N) is 1. The fourth-order valence-electron chi connectivity index (χ4n) is 1.69. The van der Waals surface area contributed by atoms with E-state index in [0.717, 1.165) is 16.8 Å². The van der Waals surface area contributed by atoms with E-state index in [1.807, 2.05) is 38.1 Å². The molecule has 4 heteroatoms. The summed E-state index contributed by atoms with van der Waals surface area (Å²) in [6.45, 7) is 3.73. The maximum atomic E-state index is 11.8. The minimum absolute atomic E-state index is 0.464. The molecule has 98 valence electrons. The average molecular weight is 256 g/mol. The first-order valence-corrected chi connectivity index (χ1v) is 5.97. The van der Waals surface area contributed by atoms with Crippen molar-refractivity contribution in [3.8, 4) is 5.75 Å². The number of hydrogen-bond acceptors (Lipinski definition) is 3. The molecule has 3 N–H and O–H groups in total. The van der Waals surface area contributed by atoms with Gasteiger partial charge in [0.15, 0.2) is 0 Å². The van der Waals surface area contributed by atoms with Crippen LogP contribution in [0.2, 0.25) is 0 Å². The van der Waals surface area contributed by atoms with Crippen LogP contribution >= 0.6 is 0 Å². The molecule has 1 amide bonds. The fourth-order valence-corrected chi connectivity index (χ4v) is 1.69. The summed E-state index contributed by atoms with van der Waals surface area (Å²) in [6, 6.07) is 12.7. The van der Waals surface area contributed by atoms with Crippen LogP contribution in [0.5, 0.6) is 5.75 Å². The quantitative estimate of drug-likeness (QED) is 0.808. The van der Waals surface area contributed by atoms with E-state index >= 15 is 0 Å². The Morgan fingerprint density at radius 1 is 1.11 bits per heavy atom. The molecule has 0 saturated heterocycles. The number of aryl methyl sites for hydroxylation is 1. The Kier molecular flexibility index (Phi) is 3.71. The smallest absolute Gasteiger partial charge is 0.410 e. The summed E-state index contributed by atoms with van der Waals surface area (Å²) in [5.41, 5.74) is 8.82. The summed E-state index contributed by atoms with van der Waals surface area (Å²) in [5.74, 6) is 0.464. The third-order valence-electron chi connectivity index (χ3n) is 2.91. The highest BCUT2D eigenvalue weighted by Crippen LogP contribution is 2.23. The number of hydrogen-bond donors (Lipinski definition) is 2. The molecule has 0 fully saturated rings. The van der Waals surface area contributed by atoms with Gasteiger partial charge < -0.3 is 10.5 Å². The molecule has 0 aliphatic heterocycles. The van der Waals surface area contributed by atoms with Gasteiger partial charge in [-0.15, -0.1) is 0 Å². The lowest BCUT2D eigenvalue weighted by Gasteiger charge is -2.11. The zero-order valence-electron chi connectivity index (χ0n) is 10.9. The number of nitrogens with one attached hydrogen (secondary N) is 1. The van der Waals surface area contributed by atoms with E-state index in [1.54, 1.807) is 18.2 Å². The number of carbonyl (C=O) groups excluding carboxylic acids is 1. The summed E-state index contributed by atoms with van der Waals surface area (Å²) >= 11 is 0. The average Bonchev–Trinajstić information content (AvgIpc) is 2.38. The molecule has 0 radical (unpaired) electrons. The zero-order chi connectivity index (χ0) is 13.8. The van der Waals surface area contributed by atoms with Crippen molar-refractivity contribution in [2.45, 2.75) is 13.8 Å². The van der Waals surface area contributed by atoms with Gasteiger partial charge in [-0.3, -0.25) is 5.32 Å². The molecule has 2 aromatic carbocycles. The Morgan fingerprint density at radius 3 is 2.58 bits per heavy atom. The van der Waals surface area contributed by atoms with E-state index in [0.29, 0.717) is 11.4 Å². The van der Waals surface area contributed by atoms with Crippen molar-refractivity contribution in [3.63, 3.8) is 0 Å². The topological polar surface area (TPSA) is 64.3 Å². The lowest BCUT2D eigenvalue weighted by molar-refractivity contribution is 0.215. The molecule has 0 bridgehead atoms. The van der Waals surface area contributed by atoms with Crippen LogP contribution < -0.4 is 15.8 Å². The first kappa shape index (κ1) is 13.0. The van der Waals surface area contributed by atoms with E-state index in [9.17, 15) is 4.79 Å². The maximum Gasteiger partial charge on any atom is 0.417 e. The lowest BCUT2D eigenvalue weighted by atomic mass is 10.2. The summed E-state index contributed by atoms with van der Waals surface area (Å²) in [4.78, 5) is 11.8. The van der Waals surface area contributed by atoms with E-state index < -0.39 is 6.09 Å². The highest BCUT2D eigenvalue weighted by molar-refractivity contribution is 5.87. The molecule has 0 heterocycles. The summed E-state index contributed by atoms with van der Waals surface area (Å²) in [5, 5.41) is 2.70. The second-order valence-corrected chi connectivity index (χ2v) is 4.30. The molecular formula is C15H16N2O2. The molecule has 0 unspecified atom stereocenters. The molecule has 2 rings (SSSR count). The monoisotopic (exact) mass is 256 g/mol. The minimum Gasteiger partial charge on any atom is -0.410 e. The minimum atomic E-state index is -0.525. The van der Waals surface area contributed by atoms with Gasteiger partial charge in [0.25, 0.3) is 0 Å². The van der Waals surface area contributed by atoms with Crippen LogP contribution in [0.25, 0.3) is 0 Å². The van der Waals surface area contributed by atoms with E-state index in [2.05, 4.69) is 5.32 Å². The van der Waals surface area contributed by atoms with Crippen LogP contribution in [-0.4, -0.2) is 6.09 Å². The van der Waals surface area contributed by atoms with Crippen LogP contribution in [0.3, 0.4) is 0 Å². The third-order valence-corrected chi connectivity index (χ3v) is 2.91. The summed E-state index contributed by atoms with van der Waals surface area (Å²) in [6.07, 6.45) is -0.525. The fraction of sp³-hybridized carbons (Fsp3) is 0.133. The van der Waals surface area contributed by atoms with Gasteiger partial charge in [0.1, 0.15) is 5.75 Å². The number of para-hydroxylation sites is 1. The molecule has 0 atom stereocenters. The van der Waals surface area contributed by atoms with Gasteiger partial charge in [-0.25, -0.2) is 4.79 Å². The highest BCUT2D eigenvalue weighted by Gasteiger charge is 2.09. The molecule has 4 nitrogen and oxygen atoms in total. The van der Waals surface area contributed by atoms with Crippen LogP contribution in [0.4, 0.5) is 16.2 Å². The molecule has 0 saturated carbocycles. The van der Waals surface area contributed by atoms with Gasteiger partial charge in [-0.1, -0.05) is 24.3 Å². The Hall–Kier alpha value is -2.49. The van der Waals surface area contributed by atoms with Crippen molar-refractivity contribution in [1.29, 1.82) is 0 Å². The van der Waals surface area contributed by atoms with Crippen LogP contribution in [-0.2, 0) is 0 Å². The van der Waals surface area contributed by atoms with E-state index in [4.69, 9.17) is 10.5 Å². The van der Waals surface area contributed by atoms with Gasteiger partial charge in [-0.05, 0) is 37.6 Å². The van der Waals surface area contributed by atoms with Gasteiger partial charge in [-0.2, -0.15) is 0 Å². The number of nitrogen functional groups attached to an aromatic ring is 1. The summed E-state index contributed by atoms with van der Waals surface area (Å²) in [7, 11) is 0. The number of rotatable bonds is 2. The Balaban J connectivity index is 2.10. The van der Waals surface area contributed by atoms with Crippen LogP contribution in [0.1, 0.15) is 11.1 Å². The SMILES string of the molecule is Cc1ccccc1NC(=O)Oc1cccc(N)c1C. The molecule has 0 aliphatic rings. The predicted molar refractivity (Wildman–Crippen MR) is 76.4 cm³/mol. The molecule has 2 aromatic rings. The van der Waals surface area contributed by atoms with E-state index in [1.165, 1.54) is 0 Å². The molecule has 0 aromatic heterocycles. The van der Waals surface area contributed by atoms with Crippen molar-refractivity contribution >= 4 is 17.5 Å². The number of benzene rings is 2. The normalized spacial score (nSPS) is 10.0. The summed E-state index contributed by atoms with van der Waals surface area (Å²) < 4.78 is 5.25. The van der Waals surface area contributed by atoms with Crippen molar-refractivity contribution in [2.24, 2.45) is 0 Å². The van der Waals surface area contributed by atoms with Gasteiger partial charge in [0.2, 0.25) is 0 Å². The standard InChI is InChI=1S/C15H16N2O2/c1-10-6-3-4-8-13(10)17-15(18)19-14-9-5-7-12(16)11(14)2/h3-9H,16H2,1-2H3,(H,17,18). The van der Waals surface area contributed by atoms with E-state index in [-0.39, 0.29) is 0 Å². The second-order valence-electron chi connectivity index (χ2n) is 4.30. The van der Waals surface area contributed by atoms with Gasteiger partial charge >= 0.3 is 6.09 Å². The Bertz CT molecular complexity index is 609. The largest absolute Gasteiger partial charge is 0.417 e. The number of anilines is 2. The van der Waals surface area contributed by atoms with Crippen molar-refractivity contribution in [2.75, 3.05) is 11.1 Å². The number of amides is 1. The van der Waals surface area contributed by atoms with Gasteiger partial charge in [0.05, 0.1) is 0 Å². The van der Waals surface area contributed by atoms with Crippen molar-refractivity contribution in [3.05, 3.63) is 53.6 Å². The second kappa shape index (κ2) is 5.44. The molecule has 0 aliphatic carbocycles. The van der Waals surface area contributed by atoms with Crippen molar-refractivity contribution < 1.29 is 9.53 Å². The highest BCUT2D eigenvalue weighted by atomic mass is 16.6. The number of carbonyl (C=O) groups is 1. The van der Waals surface area contributed by atoms with Crippen LogP contribution in [0.15, 0.2) is 42.5 Å². The van der Waals surface area contributed by atoms with Crippen LogP contribution in [0, 0.1) is 13.8 Å². The third kappa shape index (κ3) is 3.04. The van der Waals surface area contributed by atoms with Crippen molar-refractivity contribution in [1.82, 2.24) is 0 Å². The van der Waals surface area contributed by atoms with Gasteiger partial charge in [0, 0.05) is 16.9 Å². The number of ether oxygens (including phenoxy) is 1. The molecule has 19 heavy (non-hydrogen) atoms. The first-order chi connectivity index (χ1) is 9.08. The lowest BCUT2D eigenvalue weighted by Crippen LogP contribution is -2.18. The predicted octanol–water partition coefficient (Wildman–Crippen LogP) is 3.50. The molecule has 0 spiro atoms. The Morgan fingerprint density at radius 2 is 1.84 bits per heavy atom. The Labute approximate surface area is 112 Å². The first-order valence-electron chi connectivity index (χ1n) is 5.97.